The van der Waals surface area contributed by atoms with Crippen molar-refractivity contribution in [2.24, 2.45) is 0 Å². The van der Waals surface area contributed by atoms with Crippen LogP contribution in [0.5, 0.6) is 0 Å². The molecular formula is C14H22N4O3+2. The average molecular weight is 294 g/mol. The van der Waals surface area contributed by atoms with Gasteiger partial charge in [-0.2, -0.15) is 0 Å². The number of likely N-dealkylation sites (N-methyl/N-ethyl adjacent to an activating group) is 1. The molecule has 1 atom stereocenters. The number of carbonyl (C=O) groups excluding carboxylic acids is 1. The first-order valence-corrected chi connectivity index (χ1v) is 7.19. The molecule has 0 spiro atoms. The maximum atomic E-state index is 12.3. The number of nitrogens with zero attached hydrogens (tertiary/aromatic N) is 1. The summed E-state index contributed by atoms with van der Waals surface area (Å²) in [6.45, 7) is 5.84. The largest absolute Gasteiger partial charge is 0.328 e. The highest BCUT2D eigenvalue weighted by Crippen LogP contribution is 2.22. The van der Waals surface area contributed by atoms with Crippen LogP contribution in [0.4, 0.5) is 11.4 Å². The van der Waals surface area contributed by atoms with Gasteiger partial charge in [-0.3, -0.25) is 14.9 Å². The van der Waals surface area contributed by atoms with Crippen LogP contribution in [-0.2, 0) is 4.79 Å². The maximum Gasteiger partial charge on any atom is 0.292 e. The highest BCUT2D eigenvalue weighted by Gasteiger charge is 2.30. The molecule has 1 aromatic rings. The van der Waals surface area contributed by atoms with E-state index in [1.165, 1.54) is 15.9 Å². The Hall–Kier alpha value is -1.99. The molecule has 2 rings (SSSR count). The van der Waals surface area contributed by atoms with Crippen LogP contribution in [-0.4, -0.2) is 50.1 Å². The molecule has 3 N–H and O–H groups in total. The van der Waals surface area contributed by atoms with Crippen molar-refractivity contribution in [1.82, 2.24) is 0 Å². The third-order valence-corrected chi connectivity index (χ3v) is 4.11. The summed E-state index contributed by atoms with van der Waals surface area (Å²) < 4.78 is 0. The van der Waals surface area contributed by atoms with E-state index in [-0.39, 0.29) is 23.3 Å². The van der Waals surface area contributed by atoms with E-state index in [4.69, 9.17) is 0 Å². The number of nitro groups is 1. The quantitative estimate of drug-likeness (QED) is 0.459. The highest BCUT2D eigenvalue weighted by molar-refractivity contribution is 5.95. The Morgan fingerprint density at radius 3 is 2.52 bits per heavy atom. The number of nitro benzene ring substituents is 1. The number of amides is 1. The molecular weight excluding hydrogens is 272 g/mol. The van der Waals surface area contributed by atoms with Gasteiger partial charge in [0.1, 0.15) is 31.9 Å². The zero-order chi connectivity index (χ0) is 15.4. The predicted molar refractivity (Wildman–Crippen MR) is 78.5 cm³/mol. The molecule has 1 amide bonds. The van der Waals surface area contributed by atoms with Crippen molar-refractivity contribution in [1.29, 1.82) is 0 Å². The van der Waals surface area contributed by atoms with E-state index in [2.05, 4.69) is 12.4 Å². The number of nitrogens with one attached hydrogen (secondary N) is 3. The Morgan fingerprint density at radius 2 is 1.90 bits per heavy atom. The van der Waals surface area contributed by atoms with Gasteiger partial charge in [0, 0.05) is 6.07 Å². The summed E-state index contributed by atoms with van der Waals surface area (Å²) in [4.78, 5) is 25.5. The topological polar surface area (TPSA) is 81.1 Å². The van der Waals surface area contributed by atoms with Gasteiger partial charge in [0.2, 0.25) is 0 Å². The summed E-state index contributed by atoms with van der Waals surface area (Å²) in [5.74, 6) is -0.168. The molecule has 7 nitrogen and oxygen atoms in total. The van der Waals surface area contributed by atoms with Crippen LogP contribution in [0.3, 0.4) is 0 Å². The monoisotopic (exact) mass is 294 g/mol. The van der Waals surface area contributed by atoms with E-state index < -0.39 is 4.92 Å². The third-order valence-electron chi connectivity index (χ3n) is 4.11. The van der Waals surface area contributed by atoms with Gasteiger partial charge in [-0.05, 0) is 13.0 Å². The smallest absolute Gasteiger partial charge is 0.292 e. The van der Waals surface area contributed by atoms with Crippen molar-refractivity contribution in [3.8, 4) is 0 Å². The molecule has 114 valence electrons. The van der Waals surface area contributed by atoms with Crippen LogP contribution in [0.1, 0.15) is 6.92 Å². The fourth-order valence-corrected chi connectivity index (χ4v) is 2.60. The van der Waals surface area contributed by atoms with Gasteiger partial charge in [-0.25, -0.2) is 0 Å². The summed E-state index contributed by atoms with van der Waals surface area (Å²) in [5, 5.41) is 13.6. The number of anilines is 1. The van der Waals surface area contributed by atoms with E-state index in [9.17, 15) is 14.9 Å². The molecule has 7 heteroatoms. The van der Waals surface area contributed by atoms with Crippen molar-refractivity contribution >= 4 is 17.3 Å². The van der Waals surface area contributed by atoms with Gasteiger partial charge < -0.3 is 15.1 Å². The van der Waals surface area contributed by atoms with Crippen LogP contribution in [0, 0.1) is 10.1 Å². The highest BCUT2D eigenvalue weighted by atomic mass is 16.6. The van der Waals surface area contributed by atoms with E-state index in [0.717, 1.165) is 26.2 Å². The Morgan fingerprint density at radius 1 is 1.29 bits per heavy atom. The van der Waals surface area contributed by atoms with Crippen molar-refractivity contribution in [2.75, 3.05) is 38.5 Å². The van der Waals surface area contributed by atoms with E-state index in [0.29, 0.717) is 0 Å². The summed E-state index contributed by atoms with van der Waals surface area (Å²) in [6, 6.07) is 6.02. The van der Waals surface area contributed by atoms with Gasteiger partial charge in [0.05, 0.1) is 12.0 Å². The number of carbonyl (C=O) groups is 1. The second-order valence-electron chi connectivity index (χ2n) is 5.60. The second kappa shape index (κ2) is 6.64. The number of hydrogen-bond donors (Lipinski definition) is 3. The van der Waals surface area contributed by atoms with Crippen LogP contribution >= 0.6 is 0 Å². The summed E-state index contributed by atoms with van der Waals surface area (Å²) in [6.07, 6.45) is 0. The molecule has 0 aromatic heterocycles. The molecule has 1 fully saturated rings. The molecule has 21 heavy (non-hydrogen) atoms. The molecule has 1 aliphatic heterocycles. The second-order valence-corrected chi connectivity index (χ2v) is 5.60. The standard InChI is InChI=1S/C14H20N4O3/c1-11(17-9-7-16(2)8-10-17)14(19)15-12-5-3-4-6-13(12)18(20)21/h3-6,11H,7-10H2,1-2H3,(H,15,19)/p+2/t11-/m0/s1. The summed E-state index contributed by atoms with van der Waals surface area (Å²) in [5.41, 5.74) is 0.189. The lowest BCUT2D eigenvalue weighted by Crippen LogP contribution is -3.29. The maximum absolute atomic E-state index is 12.3. The van der Waals surface area contributed by atoms with E-state index in [1.807, 2.05) is 6.92 Å². The number of hydrogen-bond acceptors (Lipinski definition) is 3. The number of para-hydroxylation sites is 2. The lowest BCUT2D eigenvalue weighted by atomic mass is 10.2. The SMILES string of the molecule is C[C@@H](C(=O)Nc1ccccc1[N+](=O)[O-])[NH+]1CC[NH+](C)CC1. The minimum Gasteiger partial charge on any atom is -0.328 e. The van der Waals surface area contributed by atoms with Crippen molar-refractivity contribution < 1.29 is 19.5 Å². The fourth-order valence-electron chi connectivity index (χ4n) is 2.60. The van der Waals surface area contributed by atoms with Gasteiger partial charge in [-0.15, -0.1) is 0 Å². The summed E-state index contributed by atoms with van der Waals surface area (Å²) >= 11 is 0. The Bertz CT molecular complexity index is 527. The van der Waals surface area contributed by atoms with Gasteiger partial charge in [-0.1, -0.05) is 12.1 Å². The number of benzene rings is 1. The minimum atomic E-state index is -0.480. The molecule has 0 aliphatic carbocycles. The molecule has 1 aliphatic rings. The predicted octanol–water partition coefficient (Wildman–Crippen LogP) is -1.66. The number of piperazine rings is 1. The molecule has 0 saturated carbocycles. The normalized spacial score (nSPS) is 23.3. The van der Waals surface area contributed by atoms with Gasteiger partial charge in [0.25, 0.3) is 11.6 Å². The third kappa shape index (κ3) is 3.77. The Labute approximate surface area is 123 Å². The molecule has 1 saturated heterocycles. The van der Waals surface area contributed by atoms with Crippen LogP contribution in [0.25, 0.3) is 0 Å². The zero-order valence-corrected chi connectivity index (χ0v) is 12.4. The first-order valence-electron chi connectivity index (χ1n) is 7.19. The van der Waals surface area contributed by atoms with Crippen molar-refractivity contribution in [3.05, 3.63) is 34.4 Å². The van der Waals surface area contributed by atoms with Crippen LogP contribution in [0.2, 0.25) is 0 Å². The summed E-state index contributed by atoms with van der Waals surface area (Å²) in [7, 11) is 2.15. The van der Waals surface area contributed by atoms with Crippen molar-refractivity contribution in [2.45, 2.75) is 13.0 Å². The Kier molecular flexibility index (Phi) is 4.87. The van der Waals surface area contributed by atoms with E-state index >= 15 is 0 Å². The molecule has 1 heterocycles. The average Bonchev–Trinajstić information content (AvgIpc) is 2.47. The molecule has 0 bridgehead atoms. The number of quaternary nitrogens is 2. The first-order chi connectivity index (χ1) is 9.99. The zero-order valence-electron chi connectivity index (χ0n) is 12.4. The molecule has 0 radical (unpaired) electrons. The van der Waals surface area contributed by atoms with Gasteiger partial charge in [0.15, 0.2) is 6.04 Å². The first kappa shape index (κ1) is 15.4. The van der Waals surface area contributed by atoms with Crippen LogP contribution in [0.15, 0.2) is 24.3 Å². The minimum absolute atomic E-state index is 0.0733. The van der Waals surface area contributed by atoms with E-state index in [1.54, 1.807) is 18.2 Å². The van der Waals surface area contributed by atoms with Crippen molar-refractivity contribution in [3.63, 3.8) is 0 Å². The number of rotatable bonds is 4. The molecule has 1 aromatic carbocycles. The molecule has 0 unspecified atom stereocenters. The lowest BCUT2D eigenvalue weighted by molar-refractivity contribution is -1.01. The Balaban J connectivity index is 2.03. The van der Waals surface area contributed by atoms with Crippen LogP contribution < -0.4 is 15.1 Å². The fraction of sp³-hybridized carbons (Fsp3) is 0.500. The lowest BCUT2D eigenvalue weighted by Gasteiger charge is -2.30. The van der Waals surface area contributed by atoms with Gasteiger partial charge >= 0.3 is 0 Å².